The molecule has 0 aliphatic carbocycles. The van der Waals surface area contributed by atoms with Gasteiger partial charge in [0.1, 0.15) is 11.5 Å². The van der Waals surface area contributed by atoms with E-state index in [1.807, 2.05) is 38.1 Å². The number of benzene rings is 1. The first-order valence-corrected chi connectivity index (χ1v) is 6.99. The van der Waals surface area contributed by atoms with Crippen LogP contribution in [0.3, 0.4) is 0 Å². The summed E-state index contributed by atoms with van der Waals surface area (Å²) in [6.07, 6.45) is -0.0701. The Morgan fingerprint density at radius 3 is 2.60 bits per heavy atom. The lowest BCUT2D eigenvalue weighted by Crippen LogP contribution is -2.41. The summed E-state index contributed by atoms with van der Waals surface area (Å²) >= 11 is 0. The number of hydrogen-bond donors (Lipinski definition) is 1. The zero-order valence-electron chi connectivity index (χ0n) is 12.2. The summed E-state index contributed by atoms with van der Waals surface area (Å²) in [4.78, 5) is 12.1. The quantitative estimate of drug-likeness (QED) is 0.918. The van der Waals surface area contributed by atoms with E-state index in [9.17, 15) is 9.90 Å². The summed E-state index contributed by atoms with van der Waals surface area (Å²) in [6.45, 7) is 3.81. The molecule has 1 aliphatic rings. The summed E-state index contributed by atoms with van der Waals surface area (Å²) in [7, 11) is 1.62. The van der Waals surface area contributed by atoms with Crippen LogP contribution in [0.25, 0.3) is 0 Å². The Morgan fingerprint density at radius 1 is 1.40 bits per heavy atom. The predicted molar refractivity (Wildman–Crippen MR) is 75.6 cm³/mol. The van der Waals surface area contributed by atoms with E-state index in [1.54, 1.807) is 7.11 Å². The van der Waals surface area contributed by atoms with Crippen molar-refractivity contribution in [2.24, 2.45) is 11.8 Å². The summed E-state index contributed by atoms with van der Waals surface area (Å²) in [5, 5.41) is 9.31. The monoisotopic (exact) mass is 278 g/mol. The van der Waals surface area contributed by atoms with Crippen molar-refractivity contribution in [1.82, 2.24) is 0 Å². The van der Waals surface area contributed by atoms with Crippen molar-refractivity contribution >= 4 is 5.78 Å². The van der Waals surface area contributed by atoms with Crippen LogP contribution in [-0.4, -0.2) is 30.7 Å². The van der Waals surface area contributed by atoms with E-state index in [4.69, 9.17) is 9.47 Å². The minimum absolute atomic E-state index is 0.0254. The van der Waals surface area contributed by atoms with Crippen LogP contribution in [0.1, 0.15) is 31.9 Å². The number of ketones is 1. The molecule has 0 saturated carbocycles. The highest BCUT2D eigenvalue weighted by molar-refractivity contribution is 5.82. The molecule has 0 aromatic heterocycles. The molecule has 110 valence electrons. The van der Waals surface area contributed by atoms with Crippen molar-refractivity contribution in [3.8, 4) is 5.75 Å². The third-order valence-corrected chi connectivity index (χ3v) is 4.05. The highest BCUT2D eigenvalue weighted by Gasteiger charge is 2.37. The van der Waals surface area contributed by atoms with Crippen molar-refractivity contribution < 1.29 is 19.4 Å². The van der Waals surface area contributed by atoms with Crippen molar-refractivity contribution in [3.05, 3.63) is 29.8 Å². The fourth-order valence-corrected chi connectivity index (χ4v) is 2.65. The minimum Gasteiger partial charge on any atom is -0.497 e. The van der Waals surface area contributed by atoms with Crippen LogP contribution in [0.4, 0.5) is 0 Å². The van der Waals surface area contributed by atoms with Gasteiger partial charge in [-0.2, -0.15) is 0 Å². The van der Waals surface area contributed by atoms with Gasteiger partial charge in [0.05, 0.1) is 19.3 Å². The average Bonchev–Trinajstić information content (AvgIpc) is 2.49. The summed E-state index contributed by atoms with van der Waals surface area (Å²) in [5.41, 5.74) is 0.973. The number of aliphatic hydroxyl groups excluding tert-OH is 1. The standard InChI is InChI=1S/C16H22O4/c1-10(9-17)16-11(2)14(18)8-15(20-16)12-4-6-13(19-3)7-5-12/h4-7,10-11,15-17H,8-9H2,1-3H3/t10-,11-,15+,16+/m0/s1. The maximum atomic E-state index is 12.1. The topological polar surface area (TPSA) is 55.8 Å². The van der Waals surface area contributed by atoms with Crippen molar-refractivity contribution in [1.29, 1.82) is 0 Å². The molecule has 0 radical (unpaired) electrons. The highest BCUT2D eigenvalue weighted by Crippen LogP contribution is 2.35. The Morgan fingerprint density at radius 2 is 2.05 bits per heavy atom. The molecule has 2 rings (SSSR count). The van der Waals surface area contributed by atoms with Gasteiger partial charge in [-0.1, -0.05) is 26.0 Å². The Balaban J connectivity index is 2.17. The molecular formula is C16H22O4. The van der Waals surface area contributed by atoms with Crippen molar-refractivity contribution in [2.75, 3.05) is 13.7 Å². The maximum Gasteiger partial charge on any atom is 0.141 e. The van der Waals surface area contributed by atoms with Crippen LogP contribution in [0, 0.1) is 11.8 Å². The number of rotatable bonds is 4. The van der Waals surface area contributed by atoms with Crippen LogP contribution in [0.5, 0.6) is 5.75 Å². The van der Waals surface area contributed by atoms with Gasteiger partial charge in [0.2, 0.25) is 0 Å². The second kappa shape index (κ2) is 6.37. The number of Topliss-reactive ketones (excluding diaryl/α,β-unsaturated/α-hetero) is 1. The normalized spacial score (nSPS) is 28.2. The van der Waals surface area contributed by atoms with Gasteiger partial charge in [-0.15, -0.1) is 0 Å². The summed E-state index contributed by atoms with van der Waals surface area (Å²) in [5.74, 6) is 0.772. The largest absolute Gasteiger partial charge is 0.497 e. The van der Waals surface area contributed by atoms with E-state index < -0.39 is 0 Å². The molecule has 4 nitrogen and oxygen atoms in total. The molecule has 1 aliphatic heterocycles. The van der Waals surface area contributed by atoms with Gasteiger partial charge in [-0.3, -0.25) is 4.79 Å². The summed E-state index contributed by atoms with van der Waals surface area (Å²) in [6, 6.07) is 7.58. The molecule has 1 fully saturated rings. The fraction of sp³-hybridized carbons (Fsp3) is 0.562. The first-order valence-electron chi connectivity index (χ1n) is 6.99. The maximum absolute atomic E-state index is 12.1. The number of carbonyl (C=O) groups excluding carboxylic acids is 1. The highest BCUT2D eigenvalue weighted by atomic mass is 16.5. The van der Waals surface area contributed by atoms with Crippen LogP contribution < -0.4 is 4.74 Å². The summed E-state index contributed by atoms with van der Waals surface area (Å²) < 4.78 is 11.2. The second-order valence-electron chi connectivity index (χ2n) is 5.48. The number of carbonyl (C=O) groups is 1. The molecule has 1 N–H and O–H groups in total. The molecule has 0 spiro atoms. The van der Waals surface area contributed by atoms with Crippen LogP contribution in [0.2, 0.25) is 0 Å². The fourth-order valence-electron chi connectivity index (χ4n) is 2.65. The number of aliphatic hydroxyl groups is 1. The SMILES string of the molecule is COc1ccc([C@H]2CC(=O)[C@H](C)[C@@H]([C@@H](C)CO)O2)cc1. The molecular weight excluding hydrogens is 256 g/mol. The Labute approximate surface area is 119 Å². The Hall–Kier alpha value is -1.39. The molecule has 1 aromatic carbocycles. The molecule has 4 heteroatoms. The van der Waals surface area contributed by atoms with E-state index in [1.165, 1.54) is 0 Å². The van der Waals surface area contributed by atoms with Gasteiger partial charge in [0.25, 0.3) is 0 Å². The lowest BCUT2D eigenvalue weighted by Gasteiger charge is -2.37. The zero-order valence-corrected chi connectivity index (χ0v) is 12.2. The van der Waals surface area contributed by atoms with E-state index >= 15 is 0 Å². The van der Waals surface area contributed by atoms with Crippen LogP contribution >= 0.6 is 0 Å². The van der Waals surface area contributed by atoms with Crippen molar-refractivity contribution in [3.63, 3.8) is 0 Å². The van der Waals surface area contributed by atoms with Gasteiger partial charge in [0, 0.05) is 24.9 Å². The molecule has 0 amide bonds. The van der Waals surface area contributed by atoms with Crippen LogP contribution in [0.15, 0.2) is 24.3 Å². The third-order valence-electron chi connectivity index (χ3n) is 4.05. The van der Waals surface area contributed by atoms with Crippen LogP contribution in [-0.2, 0) is 9.53 Å². The van der Waals surface area contributed by atoms with E-state index in [2.05, 4.69) is 0 Å². The lowest BCUT2D eigenvalue weighted by molar-refractivity contribution is -0.153. The Bertz CT molecular complexity index is 454. The van der Waals surface area contributed by atoms with E-state index in [-0.39, 0.29) is 36.4 Å². The van der Waals surface area contributed by atoms with Gasteiger partial charge >= 0.3 is 0 Å². The Kier molecular flexibility index (Phi) is 4.78. The van der Waals surface area contributed by atoms with Crippen molar-refractivity contribution in [2.45, 2.75) is 32.5 Å². The zero-order chi connectivity index (χ0) is 14.7. The molecule has 1 aromatic rings. The first kappa shape index (κ1) is 15.0. The van der Waals surface area contributed by atoms with Gasteiger partial charge in [-0.25, -0.2) is 0 Å². The second-order valence-corrected chi connectivity index (χ2v) is 5.48. The lowest BCUT2D eigenvalue weighted by atomic mass is 9.84. The number of methoxy groups -OCH3 is 1. The molecule has 4 atom stereocenters. The van der Waals surface area contributed by atoms with E-state index in [0.29, 0.717) is 6.42 Å². The predicted octanol–water partition coefficient (Wildman–Crippen LogP) is 2.36. The smallest absolute Gasteiger partial charge is 0.141 e. The third kappa shape index (κ3) is 3.02. The molecule has 0 bridgehead atoms. The van der Waals surface area contributed by atoms with Gasteiger partial charge in [-0.05, 0) is 17.7 Å². The van der Waals surface area contributed by atoms with Gasteiger partial charge in [0.15, 0.2) is 0 Å². The number of hydrogen-bond acceptors (Lipinski definition) is 4. The minimum atomic E-state index is -0.233. The molecule has 0 unspecified atom stereocenters. The molecule has 1 heterocycles. The van der Waals surface area contributed by atoms with E-state index in [0.717, 1.165) is 11.3 Å². The molecule has 1 saturated heterocycles. The first-order chi connectivity index (χ1) is 9.56. The number of ether oxygens (including phenoxy) is 2. The average molecular weight is 278 g/mol. The molecule has 20 heavy (non-hydrogen) atoms. The van der Waals surface area contributed by atoms with Gasteiger partial charge < -0.3 is 14.6 Å².